The van der Waals surface area contributed by atoms with E-state index in [9.17, 15) is 4.32 Å². The van der Waals surface area contributed by atoms with Gasteiger partial charge in [0.15, 0.2) is 0 Å². The smallest absolute Gasteiger partial charge is 0.410 e. The average molecular weight is 103 g/mol. The summed E-state index contributed by atoms with van der Waals surface area (Å²) in [5.74, 6) is 0. The second-order valence-electron chi connectivity index (χ2n) is 1.31. The highest BCUT2D eigenvalue weighted by Gasteiger charge is 1.85. The number of halogens is 1. The Balaban J connectivity index is 2.45. The quantitative estimate of drug-likeness (QED) is 0.385. The van der Waals surface area contributed by atoms with E-state index < -0.39 is 0 Å². The summed E-state index contributed by atoms with van der Waals surface area (Å²) < 4.78 is 15.3. The summed E-state index contributed by atoms with van der Waals surface area (Å²) in [6, 6.07) is 0. The van der Waals surface area contributed by atoms with Gasteiger partial charge in [-0.3, -0.25) is 4.32 Å². The van der Waals surface area contributed by atoms with Gasteiger partial charge in [0.25, 0.3) is 0 Å². The summed E-state index contributed by atoms with van der Waals surface area (Å²) in [5, 5.41) is 0. The van der Waals surface area contributed by atoms with Crippen LogP contribution in [0.4, 0.5) is 4.32 Å². The molecule has 0 bridgehead atoms. The van der Waals surface area contributed by atoms with E-state index in [2.05, 4.69) is 4.65 Å². The van der Waals surface area contributed by atoms with Gasteiger partial charge in [-0.05, 0) is 6.42 Å². The molecule has 0 aromatic rings. The minimum atomic E-state index is 0.232. The van der Waals surface area contributed by atoms with Gasteiger partial charge in [-0.1, -0.05) is 13.3 Å². The van der Waals surface area contributed by atoms with Gasteiger partial charge in [0, 0.05) is 6.61 Å². The fraction of sp³-hybridized carbons (Fsp3) is 1.00. The molecule has 0 aliphatic carbocycles. The lowest BCUT2D eigenvalue weighted by molar-refractivity contribution is 0.303. The highest BCUT2D eigenvalue weighted by molar-refractivity contribution is 6.16. The molecular formula is C4H9BFO. The molecule has 0 heterocycles. The molecule has 7 heavy (non-hydrogen) atoms. The lowest BCUT2D eigenvalue weighted by Crippen LogP contribution is -1.93. The molecule has 0 fully saturated rings. The van der Waals surface area contributed by atoms with E-state index in [0.29, 0.717) is 6.61 Å². The third kappa shape index (κ3) is 5.95. The Labute approximate surface area is 44.2 Å². The normalized spacial score (nSPS) is 8.86. The maximum Gasteiger partial charge on any atom is 0.535 e. The molecule has 1 radical (unpaired) electrons. The maximum atomic E-state index is 11.0. The monoisotopic (exact) mass is 103 g/mol. The highest BCUT2D eigenvalue weighted by Crippen LogP contribution is 1.85. The van der Waals surface area contributed by atoms with E-state index in [0.717, 1.165) is 12.8 Å². The van der Waals surface area contributed by atoms with Crippen LogP contribution >= 0.6 is 0 Å². The van der Waals surface area contributed by atoms with Crippen molar-refractivity contribution in [1.82, 2.24) is 0 Å². The predicted octanol–water partition coefficient (Wildman–Crippen LogP) is 1.31. The SMILES string of the molecule is CCCCO[B]F. The lowest BCUT2D eigenvalue weighted by Gasteiger charge is -1.91. The van der Waals surface area contributed by atoms with Crippen molar-refractivity contribution >= 4 is 7.76 Å². The lowest BCUT2D eigenvalue weighted by atomic mass is 10.3. The predicted molar refractivity (Wildman–Crippen MR) is 27.7 cm³/mol. The summed E-state index contributed by atoms with van der Waals surface area (Å²) in [5.41, 5.74) is 0. The summed E-state index contributed by atoms with van der Waals surface area (Å²) in [6.07, 6.45) is 1.98. The molecule has 0 saturated carbocycles. The van der Waals surface area contributed by atoms with Crippen LogP contribution in [0.3, 0.4) is 0 Å². The summed E-state index contributed by atoms with van der Waals surface area (Å²) in [7, 11) is 0.232. The molecule has 0 unspecified atom stereocenters. The van der Waals surface area contributed by atoms with Crippen LogP contribution in [-0.4, -0.2) is 14.4 Å². The van der Waals surface area contributed by atoms with E-state index in [-0.39, 0.29) is 7.76 Å². The van der Waals surface area contributed by atoms with Crippen molar-refractivity contribution < 1.29 is 8.97 Å². The molecule has 0 saturated heterocycles. The van der Waals surface area contributed by atoms with E-state index in [4.69, 9.17) is 0 Å². The van der Waals surface area contributed by atoms with Crippen molar-refractivity contribution in [2.75, 3.05) is 6.61 Å². The topological polar surface area (TPSA) is 9.23 Å². The molecule has 0 spiro atoms. The molecule has 0 rings (SSSR count). The minimum absolute atomic E-state index is 0.232. The fourth-order valence-corrected chi connectivity index (χ4v) is 0.272. The summed E-state index contributed by atoms with van der Waals surface area (Å²) in [4.78, 5) is 0. The van der Waals surface area contributed by atoms with Gasteiger partial charge in [-0.25, -0.2) is 0 Å². The first kappa shape index (κ1) is 6.95. The average Bonchev–Trinajstić information content (AvgIpc) is 1.69. The van der Waals surface area contributed by atoms with Crippen molar-refractivity contribution in [3.05, 3.63) is 0 Å². The third-order valence-electron chi connectivity index (χ3n) is 0.679. The Morgan fingerprint density at radius 1 is 1.71 bits per heavy atom. The van der Waals surface area contributed by atoms with Crippen LogP contribution in [0.2, 0.25) is 0 Å². The van der Waals surface area contributed by atoms with Gasteiger partial charge < -0.3 is 4.65 Å². The van der Waals surface area contributed by atoms with Crippen LogP contribution in [0, 0.1) is 0 Å². The molecule has 0 aliphatic heterocycles. The van der Waals surface area contributed by atoms with Gasteiger partial charge in [-0.2, -0.15) is 0 Å². The molecule has 0 amide bonds. The number of unbranched alkanes of at least 4 members (excludes halogenated alkanes) is 1. The molecule has 0 atom stereocenters. The molecular weight excluding hydrogens is 93.9 g/mol. The first-order chi connectivity index (χ1) is 3.41. The third-order valence-corrected chi connectivity index (χ3v) is 0.679. The van der Waals surface area contributed by atoms with Crippen molar-refractivity contribution in [3.8, 4) is 0 Å². The van der Waals surface area contributed by atoms with Gasteiger partial charge in [-0.15, -0.1) is 0 Å². The van der Waals surface area contributed by atoms with E-state index in [1.54, 1.807) is 0 Å². The highest BCUT2D eigenvalue weighted by atomic mass is 19.1. The second-order valence-corrected chi connectivity index (χ2v) is 1.31. The van der Waals surface area contributed by atoms with Crippen LogP contribution in [0.1, 0.15) is 19.8 Å². The minimum Gasteiger partial charge on any atom is -0.410 e. The summed E-state index contributed by atoms with van der Waals surface area (Å²) in [6.45, 7) is 2.54. The van der Waals surface area contributed by atoms with Crippen LogP contribution in [0.5, 0.6) is 0 Å². The van der Waals surface area contributed by atoms with Crippen LogP contribution in [0.25, 0.3) is 0 Å². The molecule has 0 aliphatic rings. The molecule has 0 aromatic heterocycles. The Kier molecular flexibility index (Phi) is 5.92. The van der Waals surface area contributed by atoms with Crippen LogP contribution < -0.4 is 0 Å². The molecule has 3 heteroatoms. The van der Waals surface area contributed by atoms with Gasteiger partial charge >= 0.3 is 7.76 Å². The Morgan fingerprint density at radius 2 is 2.43 bits per heavy atom. The maximum absolute atomic E-state index is 11.0. The number of hydrogen-bond acceptors (Lipinski definition) is 1. The molecule has 1 nitrogen and oxygen atoms in total. The standard InChI is InChI=1S/C4H9BFO/c1-2-3-4-7-5-6/h2-4H2,1H3. The first-order valence-corrected chi connectivity index (χ1v) is 2.45. The van der Waals surface area contributed by atoms with Gasteiger partial charge in [0.1, 0.15) is 0 Å². The number of rotatable bonds is 4. The Morgan fingerprint density at radius 3 is 2.86 bits per heavy atom. The zero-order valence-corrected chi connectivity index (χ0v) is 4.48. The first-order valence-electron chi connectivity index (χ1n) is 2.45. The molecule has 0 N–H and O–H groups in total. The van der Waals surface area contributed by atoms with E-state index in [1.807, 2.05) is 6.92 Å². The van der Waals surface area contributed by atoms with Crippen LogP contribution in [0.15, 0.2) is 0 Å². The van der Waals surface area contributed by atoms with Gasteiger partial charge in [0.05, 0.1) is 0 Å². The fourth-order valence-electron chi connectivity index (χ4n) is 0.272. The summed E-state index contributed by atoms with van der Waals surface area (Å²) >= 11 is 0. The van der Waals surface area contributed by atoms with Crippen molar-refractivity contribution in [1.29, 1.82) is 0 Å². The van der Waals surface area contributed by atoms with Crippen molar-refractivity contribution in [2.45, 2.75) is 19.8 Å². The van der Waals surface area contributed by atoms with Crippen molar-refractivity contribution in [2.24, 2.45) is 0 Å². The van der Waals surface area contributed by atoms with E-state index in [1.165, 1.54) is 0 Å². The molecule has 41 valence electrons. The largest absolute Gasteiger partial charge is 0.535 e. The Hall–Kier alpha value is -0.0451. The number of hydrogen-bond donors (Lipinski definition) is 0. The second kappa shape index (κ2) is 5.95. The van der Waals surface area contributed by atoms with Crippen LogP contribution in [-0.2, 0) is 4.65 Å². The zero-order valence-electron chi connectivity index (χ0n) is 4.48. The zero-order chi connectivity index (χ0) is 5.54. The van der Waals surface area contributed by atoms with Crippen molar-refractivity contribution in [3.63, 3.8) is 0 Å². The van der Waals surface area contributed by atoms with E-state index >= 15 is 0 Å². The van der Waals surface area contributed by atoms with Gasteiger partial charge in [0.2, 0.25) is 0 Å². The Bertz CT molecular complexity index is 30.9. The molecule has 0 aromatic carbocycles.